The Labute approximate surface area is 132 Å². The molecule has 1 saturated carbocycles. The molecule has 0 spiro atoms. The molecule has 0 N–H and O–H groups in total. The molecule has 108 valence electrons. The third-order valence-corrected chi connectivity index (χ3v) is 6.82. The van der Waals surface area contributed by atoms with Gasteiger partial charge in [0.25, 0.3) is 0 Å². The van der Waals surface area contributed by atoms with Crippen LogP contribution in [0.15, 0.2) is 11.3 Å². The van der Waals surface area contributed by atoms with E-state index in [1.54, 1.807) is 5.70 Å². The Morgan fingerprint density at radius 1 is 0.947 bits per heavy atom. The van der Waals surface area contributed by atoms with Crippen molar-refractivity contribution in [1.29, 1.82) is 0 Å². The van der Waals surface area contributed by atoms with E-state index in [9.17, 15) is 0 Å². The first kappa shape index (κ1) is 14.2. The van der Waals surface area contributed by atoms with E-state index < -0.39 is 0 Å². The van der Waals surface area contributed by atoms with Crippen LogP contribution in [0.1, 0.15) is 77.6 Å². The van der Waals surface area contributed by atoms with Crippen LogP contribution in [-0.2, 0) is 0 Å². The summed E-state index contributed by atoms with van der Waals surface area (Å²) in [6.07, 6.45) is 15.8. The predicted molar refractivity (Wildman–Crippen MR) is 90.1 cm³/mol. The Morgan fingerprint density at radius 2 is 1.68 bits per heavy atom. The van der Waals surface area contributed by atoms with Gasteiger partial charge in [0, 0.05) is 17.7 Å². The molecule has 0 saturated heterocycles. The molecule has 3 atom stereocenters. The average Bonchev–Trinajstić information content (AvgIpc) is 2.54. The highest BCUT2D eigenvalue weighted by atomic mass is 127. The van der Waals surface area contributed by atoms with Gasteiger partial charge in [0.1, 0.15) is 0 Å². The summed E-state index contributed by atoms with van der Waals surface area (Å²) in [4.78, 5) is 0. The van der Waals surface area contributed by atoms with Crippen LogP contribution in [0, 0.1) is 11.8 Å². The summed E-state index contributed by atoms with van der Waals surface area (Å²) in [7, 11) is 0. The second-order valence-corrected chi connectivity index (χ2v) is 8.04. The Bertz CT molecular complexity index is 349. The molecule has 3 unspecified atom stereocenters. The molecule has 2 aliphatic carbocycles. The fourth-order valence-electron chi connectivity index (χ4n) is 4.49. The zero-order valence-corrected chi connectivity index (χ0v) is 14.5. The van der Waals surface area contributed by atoms with Crippen LogP contribution in [0.5, 0.6) is 0 Å². The second-order valence-electron chi connectivity index (χ2n) is 7.00. The van der Waals surface area contributed by atoms with E-state index in [1.165, 1.54) is 70.6 Å². The van der Waals surface area contributed by atoms with Crippen LogP contribution in [0.2, 0.25) is 0 Å². The maximum atomic E-state index is 2.68. The van der Waals surface area contributed by atoms with Gasteiger partial charge in [-0.3, -0.25) is 0 Å². The van der Waals surface area contributed by atoms with Crippen LogP contribution < -0.4 is 0 Å². The number of allylic oxidation sites excluding steroid dienone is 1. The van der Waals surface area contributed by atoms with Gasteiger partial charge in [0.2, 0.25) is 0 Å². The first-order valence-corrected chi connectivity index (χ1v) is 9.41. The molecule has 3 rings (SSSR count). The fraction of sp³-hybridized carbons (Fsp3) is 0.882. The number of hydrogen-bond acceptors (Lipinski definition) is 1. The van der Waals surface area contributed by atoms with Crippen molar-refractivity contribution < 1.29 is 0 Å². The van der Waals surface area contributed by atoms with Crippen molar-refractivity contribution in [3.8, 4) is 0 Å². The molecule has 0 radical (unpaired) electrons. The van der Waals surface area contributed by atoms with Gasteiger partial charge in [-0.1, -0.05) is 45.4 Å². The third kappa shape index (κ3) is 2.98. The van der Waals surface area contributed by atoms with Crippen LogP contribution in [0.3, 0.4) is 0 Å². The summed E-state index contributed by atoms with van der Waals surface area (Å²) in [6, 6.07) is 0.844. The van der Waals surface area contributed by atoms with Crippen LogP contribution in [-0.4, -0.2) is 9.16 Å². The lowest BCUT2D eigenvalue weighted by molar-refractivity contribution is 0.306. The summed E-state index contributed by atoms with van der Waals surface area (Å²) in [5, 5.41) is 0. The molecule has 1 aliphatic heterocycles. The molecule has 1 fully saturated rings. The molecule has 0 aromatic heterocycles. The van der Waals surface area contributed by atoms with Gasteiger partial charge >= 0.3 is 0 Å². The maximum Gasteiger partial charge on any atom is 0.0591 e. The van der Waals surface area contributed by atoms with Crippen molar-refractivity contribution in [3.05, 3.63) is 11.3 Å². The monoisotopic (exact) mass is 373 g/mol. The zero-order valence-electron chi connectivity index (χ0n) is 12.3. The minimum Gasteiger partial charge on any atom is -0.315 e. The fourth-order valence-corrected chi connectivity index (χ4v) is 5.71. The number of halogens is 1. The van der Waals surface area contributed by atoms with Crippen LogP contribution in [0.25, 0.3) is 0 Å². The average molecular weight is 373 g/mol. The predicted octanol–water partition coefficient (Wildman–Crippen LogP) is 5.85. The summed E-state index contributed by atoms with van der Waals surface area (Å²) >= 11 is 2.64. The highest BCUT2D eigenvalue weighted by Crippen LogP contribution is 2.47. The van der Waals surface area contributed by atoms with Gasteiger partial charge in [-0.15, -0.1) is 0 Å². The quantitative estimate of drug-likeness (QED) is 0.381. The molecule has 1 nitrogen and oxygen atoms in total. The van der Waals surface area contributed by atoms with Crippen LogP contribution in [0.4, 0.5) is 0 Å². The first-order valence-electron chi connectivity index (χ1n) is 8.44. The Balaban J connectivity index is 1.85. The van der Waals surface area contributed by atoms with Crippen molar-refractivity contribution in [2.24, 2.45) is 11.8 Å². The number of hydrogen-bond donors (Lipinski definition) is 0. The minimum absolute atomic E-state index is 0.844. The van der Waals surface area contributed by atoms with E-state index >= 15 is 0 Å². The van der Waals surface area contributed by atoms with Gasteiger partial charge in [-0.25, -0.2) is 0 Å². The molecule has 19 heavy (non-hydrogen) atoms. The van der Waals surface area contributed by atoms with E-state index in [0.717, 1.165) is 17.9 Å². The number of fused-ring (bicyclic) bond motifs is 2. The zero-order chi connectivity index (χ0) is 13.2. The van der Waals surface area contributed by atoms with E-state index in [0.29, 0.717) is 0 Å². The molecule has 0 aromatic carbocycles. The van der Waals surface area contributed by atoms with Crippen molar-refractivity contribution >= 4 is 22.9 Å². The molecule has 0 bridgehead atoms. The summed E-state index contributed by atoms with van der Waals surface area (Å²) in [5.41, 5.74) is 3.64. The van der Waals surface area contributed by atoms with Gasteiger partial charge in [0.05, 0.1) is 22.9 Å². The van der Waals surface area contributed by atoms with Crippen molar-refractivity contribution in [2.45, 2.75) is 83.6 Å². The van der Waals surface area contributed by atoms with Gasteiger partial charge < -0.3 is 3.11 Å². The van der Waals surface area contributed by atoms with E-state index in [2.05, 4.69) is 32.9 Å². The SMILES string of the molecule is CC1CCCCC2=C(C1)C1CCCCCCC1N2I. The molecule has 0 aromatic rings. The molecular weight excluding hydrogens is 345 g/mol. The lowest BCUT2D eigenvalue weighted by Gasteiger charge is -2.29. The number of nitrogens with zero attached hydrogens (tertiary/aromatic N) is 1. The highest BCUT2D eigenvalue weighted by Gasteiger charge is 2.39. The topological polar surface area (TPSA) is 3.24 Å². The summed E-state index contributed by atoms with van der Waals surface area (Å²) in [5.74, 6) is 1.83. The van der Waals surface area contributed by atoms with Gasteiger partial charge in [-0.05, 0) is 43.6 Å². The van der Waals surface area contributed by atoms with Crippen LogP contribution >= 0.6 is 22.9 Å². The Morgan fingerprint density at radius 3 is 2.53 bits per heavy atom. The van der Waals surface area contributed by atoms with E-state index in [-0.39, 0.29) is 0 Å². The van der Waals surface area contributed by atoms with E-state index in [4.69, 9.17) is 0 Å². The third-order valence-electron chi connectivity index (χ3n) is 5.53. The summed E-state index contributed by atoms with van der Waals surface area (Å²) < 4.78 is 2.68. The van der Waals surface area contributed by atoms with Gasteiger partial charge in [0.15, 0.2) is 0 Å². The second kappa shape index (κ2) is 6.36. The Kier molecular flexibility index (Phi) is 4.76. The van der Waals surface area contributed by atoms with Crippen molar-refractivity contribution in [3.63, 3.8) is 0 Å². The first-order chi connectivity index (χ1) is 9.27. The molecular formula is C17H28IN. The normalized spacial score (nSPS) is 36.9. The molecule has 2 heteroatoms. The standard InChI is InChI=1S/C17H28IN/c1-13-8-6-7-11-17-15(12-13)14-9-4-2-3-5-10-16(14)19(17)18/h13-14,16H,2-12H2,1H3. The van der Waals surface area contributed by atoms with Gasteiger partial charge in [-0.2, -0.15) is 0 Å². The lowest BCUT2D eigenvalue weighted by atomic mass is 9.79. The minimum atomic E-state index is 0.844. The highest BCUT2D eigenvalue weighted by molar-refractivity contribution is 14.1. The van der Waals surface area contributed by atoms with Crippen molar-refractivity contribution in [2.75, 3.05) is 0 Å². The number of rotatable bonds is 0. The van der Waals surface area contributed by atoms with Crippen molar-refractivity contribution in [1.82, 2.24) is 3.11 Å². The Hall–Kier alpha value is 0.270. The van der Waals surface area contributed by atoms with E-state index in [1.807, 2.05) is 5.57 Å². The molecule has 0 amide bonds. The molecule has 1 heterocycles. The summed E-state index contributed by atoms with van der Waals surface area (Å²) in [6.45, 7) is 2.48. The largest absolute Gasteiger partial charge is 0.315 e. The lowest BCUT2D eigenvalue weighted by Crippen LogP contribution is -2.28. The smallest absolute Gasteiger partial charge is 0.0591 e. The molecule has 3 aliphatic rings. The maximum absolute atomic E-state index is 2.68.